The van der Waals surface area contributed by atoms with E-state index < -0.39 is 0 Å². The molecule has 0 aromatic heterocycles. The molecule has 3 nitrogen and oxygen atoms in total. The highest BCUT2D eigenvalue weighted by molar-refractivity contribution is 6.33. The van der Waals surface area contributed by atoms with Gasteiger partial charge >= 0.3 is 0 Å². The van der Waals surface area contributed by atoms with Crippen LogP contribution >= 0.6 is 11.6 Å². The molecule has 1 aromatic carbocycles. The summed E-state index contributed by atoms with van der Waals surface area (Å²) in [6, 6.07) is 6.24. The van der Waals surface area contributed by atoms with Crippen LogP contribution in [0.4, 0.5) is 5.69 Å². The lowest BCUT2D eigenvalue weighted by Gasteiger charge is -2.37. The Bertz CT molecular complexity index is 370. The average Bonchev–Trinajstić information content (AvgIpc) is 2.30. The number of para-hydroxylation sites is 1. The number of halogens is 1. The fraction of sp³-hybridized carbons (Fsp3) is 0.500. The first-order chi connectivity index (χ1) is 7.74. The summed E-state index contributed by atoms with van der Waals surface area (Å²) in [6.45, 7) is 5.02. The zero-order valence-electron chi connectivity index (χ0n) is 9.45. The first-order valence-electron chi connectivity index (χ1n) is 5.56. The molecule has 1 saturated heterocycles. The van der Waals surface area contributed by atoms with Crippen LogP contribution in [0.25, 0.3) is 0 Å². The third kappa shape index (κ3) is 2.17. The van der Waals surface area contributed by atoms with Crippen LogP contribution in [-0.2, 0) is 11.3 Å². The molecule has 1 fully saturated rings. The first kappa shape index (κ1) is 11.7. The molecule has 0 spiro atoms. The van der Waals surface area contributed by atoms with E-state index in [4.69, 9.17) is 22.1 Å². The number of morpholine rings is 1. The molecule has 2 rings (SSSR count). The van der Waals surface area contributed by atoms with Gasteiger partial charge in [-0.25, -0.2) is 0 Å². The van der Waals surface area contributed by atoms with Gasteiger partial charge in [-0.2, -0.15) is 0 Å². The van der Waals surface area contributed by atoms with Crippen molar-refractivity contribution in [2.45, 2.75) is 19.5 Å². The Kier molecular flexibility index (Phi) is 3.69. The molecule has 16 heavy (non-hydrogen) atoms. The Morgan fingerprint density at radius 2 is 2.38 bits per heavy atom. The van der Waals surface area contributed by atoms with Crippen molar-refractivity contribution in [2.24, 2.45) is 5.73 Å². The van der Waals surface area contributed by atoms with Gasteiger partial charge in [-0.3, -0.25) is 0 Å². The highest BCUT2D eigenvalue weighted by Gasteiger charge is 2.22. The molecular weight excluding hydrogens is 224 g/mol. The monoisotopic (exact) mass is 240 g/mol. The predicted molar refractivity (Wildman–Crippen MR) is 67.0 cm³/mol. The second-order valence-electron chi connectivity index (χ2n) is 4.07. The van der Waals surface area contributed by atoms with E-state index in [-0.39, 0.29) is 0 Å². The minimum absolute atomic E-state index is 0.346. The smallest absolute Gasteiger partial charge is 0.0668 e. The minimum atomic E-state index is 0.346. The van der Waals surface area contributed by atoms with Crippen LogP contribution in [0.2, 0.25) is 5.02 Å². The Morgan fingerprint density at radius 3 is 3.06 bits per heavy atom. The van der Waals surface area contributed by atoms with Crippen LogP contribution in [0.5, 0.6) is 0 Å². The number of rotatable bonds is 2. The van der Waals surface area contributed by atoms with Gasteiger partial charge in [-0.15, -0.1) is 0 Å². The number of nitrogens with zero attached hydrogens (tertiary/aromatic N) is 1. The highest BCUT2D eigenvalue weighted by atomic mass is 35.5. The van der Waals surface area contributed by atoms with E-state index >= 15 is 0 Å². The van der Waals surface area contributed by atoms with E-state index in [1.807, 2.05) is 18.2 Å². The van der Waals surface area contributed by atoms with Crippen molar-refractivity contribution < 1.29 is 4.74 Å². The zero-order valence-corrected chi connectivity index (χ0v) is 10.2. The molecule has 0 bridgehead atoms. The summed E-state index contributed by atoms with van der Waals surface area (Å²) in [5, 5.41) is 0.775. The Labute approximate surface area is 101 Å². The van der Waals surface area contributed by atoms with Gasteiger partial charge in [0.15, 0.2) is 0 Å². The summed E-state index contributed by atoms with van der Waals surface area (Å²) in [7, 11) is 0. The lowest BCUT2D eigenvalue weighted by Crippen LogP contribution is -2.44. The van der Waals surface area contributed by atoms with Gasteiger partial charge in [0.05, 0.1) is 23.9 Å². The maximum Gasteiger partial charge on any atom is 0.0668 e. The number of benzene rings is 1. The Hall–Kier alpha value is -0.770. The largest absolute Gasteiger partial charge is 0.377 e. The first-order valence-corrected chi connectivity index (χ1v) is 5.93. The summed E-state index contributed by atoms with van der Waals surface area (Å²) < 4.78 is 5.43. The zero-order chi connectivity index (χ0) is 11.5. The van der Waals surface area contributed by atoms with Gasteiger partial charge < -0.3 is 15.4 Å². The summed E-state index contributed by atoms with van der Waals surface area (Å²) in [5.41, 5.74) is 7.93. The van der Waals surface area contributed by atoms with Crippen molar-refractivity contribution in [1.82, 2.24) is 0 Å². The Balaban J connectivity index is 2.37. The van der Waals surface area contributed by atoms with Crippen LogP contribution < -0.4 is 10.6 Å². The molecule has 88 valence electrons. The molecule has 1 heterocycles. The lowest BCUT2D eigenvalue weighted by atomic mass is 10.1. The number of anilines is 1. The van der Waals surface area contributed by atoms with E-state index in [9.17, 15) is 0 Å². The van der Waals surface area contributed by atoms with Gasteiger partial charge in [0.25, 0.3) is 0 Å². The summed E-state index contributed by atoms with van der Waals surface area (Å²) >= 11 is 6.27. The number of ether oxygens (including phenoxy) is 1. The van der Waals surface area contributed by atoms with Crippen LogP contribution in [-0.4, -0.2) is 25.8 Å². The van der Waals surface area contributed by atoms with Gasteiger partial charge in [0, 0.05) is 19.1 Å². The molecule has 1 atom stereocenters. The van der Waals surface area contributed by atoms with Crippen molar-refractivity contribution >= 4 is 17.3 Å². The average molecular weight is 241 g/mol. The summed E-state index contributed by atoms with van der Waals surface area (Å²) in [6.07, 6.45) is 0. The van der Waals surface area contributed by atoms with Gasteiger partial charge in [0.1, 0.15) is 0 Å². The quantitative estimate of drug-likeness (QED) is 0.860. The molecule has 1 aliphatic rings. The van der Waals surface area contributed by atoms with Crippen molar-refractivity contribution in [3.05, 3.63) is 28.8 Å². The van der Waals surface area contributed by atoms with Crippen molar-refractivity contribution in [3.8, 4) is 0 Å². The minimum Gasteiger partial charge on any atom is -0.377 e. The molecule has 0 radical (unpaired) electrons. The van der Waals surface area contributed by atoms with Crippen molar-refractivity contribution in [1.29, 1.82) is 0 Å². The molecule has 1 aromatic rings. The molecule has 0 saturated carbocycles. The van der Waals surface area contributed by atoms with Crippen LogP contribution in [0, 0.1) is 0 Å². The highest BCUT2D eigenvalue weighted by Crippen LogP contribution is 2.32. The van der Waals surface area contributed by atoms with Crippen molar-refractivity contribution in [3.63, 3.8) is 0 Å². The molecular formula is C12H17ClN2O. The third-order valence-corrected chi connectivity index (χ3v) is 3.25. The predicted octanol–water partition coefficient (Wildman–Crippen LogP) is 2.02. The number of nitrogens with two attached hydrogens (primary N) is 1. The van der Waals surface area contributed by atoms with E-state index in [0.717, 1.165) is 36.0 Å². The Morgan fingerprint density at radius 1 is 1.56 bits per heavy atom. The van der Waals surface area contributed by atoms with Crippen molar-refractivity contribution in [2.75, 3.05) is 24.7 Å². The van der Waals surface area contributed by atoms with Gasteiger partial charge in [-0.1, -0.05) is 23.7 Å². The molecule has 0 aliphatic carbocycles. The van der Waals surface area contributed by atoms with E-state index in [2.05, 4.69) is 11.8 Å². The van der Waals surface area contributed by atoms with E-state index in [0.29, 0.717) is 12.6 Å². The second kappa shape index (κ2) is 5.04. The fourth-order valence-electron chi connectivity index (χ4n) is 2.11. The normalized spacial score (nSPS) is 21.2. The van der Waals surface area contributed by atoms with Crippen LogP contribution in [0.3, 0.4) is 0 Å². The van der Waals surface area contributed by atoms with E-state index in [1.165, 1.54) is 0 Å². The maximum absolute atomic E-state index is 6.27. The standard InChI is InChI=1S/C12H17ClN2O/c1-9-8-16-6-5-15(9)12-10(7-14)3-2-4-11(12)13/h2-4,9H,5-8,14H2,1H3. The topological polar surface area (TPSA) is 38.5 Å². The molecule has 1 unspecified atom stereocenters. The fourth-order valence-corrected chi connectivity index (χ4v) is 2.41. The summed E-state index contributed by atoms with van der Waals surface area (Å²) in [5.74, 6) is 0. The molecule has 4 heteroatoms. The molecule has 1 aliphatic heterocycles. The van der Waals surface area contributed by atoms with Gasteiger partial charge in [-0.05, 0) is 18.6 Å². The number of hydrogen-bond donors (Lipinski definition) is 1. The SMILES string of the molecule is CC1COCCN1c1c(Cl)cccc1CN. The van der Waals surface area contributed by atoms with Gasteiger partial charge in [0.2, 0.25) is 0 Å². The second-order valence-corrected chi connectivity index (χ2v) is 4.48. The maximum atomic E-state index is 6.27. The van der Waals surface area contributed by atoms with Crippen LogP contribution in [0.1, 0.15) is 12.5 Å². The van der Waals surface area contributed by atoms with Crippen LogP contribution in [0.15, 0.2) is 18.2 Å². The summed E-state index contributed by atoms with van der Waals surface area (Å²) in [4.78, 5) is 2.29. The third-order valence-electron chi connectivity index (χ3n) is 2.95. The molecule has 2 N–H and O–H groups in total. The van der Waals surface area contributed by atoms with E-state index in [1.54, 1.807) is 0 Å². The lowest BCUT2D eigenvalue weighted by molar-refractivity contribution is 0.0989. The number of hydrogen-bond acceptors (Lipinski definition) is 3. The molecule has 0 amide bonds.